The molecule has 0 fully saturated rings. The Kier molecular flexibility index (Phi) is 7.45. The van der Waals surface area contributed by atoms with Gasteiger partial charge in [0.05, 0.1) is 31.6 Å². The highest BCUT2D eigenvalue weighted by Gasteiger charge is 2.12. The predicted octanol–water partition coefficient (Wildman–Crippen LogP) is 3.13. The lowest BCUT2D eigenvalue weighted by atomic mass is 10.1. The van der Waals surface area contributed by atoms with Crippen molar-refractivity contribution >= 4 is 17.6 Å². The van der Waals surface area contributed by atoms with E-state index in [2.05, 4.69) is 10.4 Å². The minimum Gasteiger partial charge on any atom is -0.493 e. The van der Waals surface area contributed by atoms with Crippen molar-refractivity contribution in [2.45, 2.75) is 26.5 Å². The van der Waals surface area contributed by atoms with Crippen molar-refractivity contribution in [1.29, 1.82) is 0 Å². The second-order valence-corrected chi connectivity index (χ2v) is 7.36. The van der Waals surface area contributed by atoms with E-state index < -0.39 is 17.4 Å². The number of aromatic nitrogens is 2. The summed E-state index contributed by atoms with van der Waals surface area (Å²) in [5.41, 5.74) is 1.63. The number of esters is 1. The SMILES string of the molecule is COc1ccc(-c2ccc(=O)n(CC(=O)Nc3ccc(C(=O)OC(C)C)cc3)n2)cc1OC. The van der Waals surface area contributed by atoms with Crippen LogP contribution in [-0.4, -0.2) is 42.0 Å². The first-order valence-corrected chi connectivity index (χ1v) is 10.2. The molecule has 1 aromatic heterocycles. The van der Waals surface area contributed by atoms with Crippen molar-refractivity contribution in [2.75, 3.05) is 19.5 Å². The molecule has 33 heavy (non-hydrogen) atoms. The van der Waals surface area contributed by atoms with Crippen molar-refractivity contribution in [3.05, 3.63) is 70.5 Å². The molecular formula is C24H25N3O6. The Morgan fingerprint density at radius 3 is 2.30 bits per heavy atom. The van der Waals surface area contributed by atoms with Crippen LogP contribution >= 0.6 is 0 Å². The van der Waals surface area contributed by atoms with Gasteiger partial charge in [-0.05, 0) is 62.4 Å². The molecule has 0 bridgehead atoms. The van der Waals surface area contributed by atoms with Gasteiger partial charge in [-0.3, -0.25) is 9.59 Å². The molecule has 0 radical (unpaired) electrons. The predicted molar refractivity (Wildman–Crippen MR) is 123 cm³/mol. The molecule has 1 N–H and O–H groups in total. The summed E-state index contributed by atoms with van der Waals surface area (Å²) in [6.07, 6.45) is -0.225. The average Bonchev–Trinajstić information content (AvgIpc) is 2.80. The molecule has 9 nitrogen and oxygen atoms in total. The Balaban J connectivity index is 1.73. The van der Waals surface area contributed by atoms with Crippen LogP contribution in [0.15, 0.2) is 59.4 Å². The number of methoxy groups -OCH3 is 2. The fraction of sp³-hybridized carbons (Fsp3) is 0.250. The van der Waals surface area contributed by atoms with Gasteiger partial charge in [0.1, 0.15) is 6.54 Å². The van der Waals surface area contributed by atoms with E-state index in [-0.39, 0.29) is 12.6 Å². The molecule has 172 valence electrons. The largest absolute Gasteiger partial charge is 0.493 e. The van der Waals surface area contributed by atoms with Gasteiger partial charge in [-0.2, -0.15) is 5.10 Å². The summed E-state index contributed by atoms with van der Waals surface area (Å²) < 4.78 is 16.8. The molecule has 0 saturated heterocycles. The molecule has 0 atom stereocenters. The maximum absolute atomic E-state index is 12.5. The third-order valence-electron chi connectivity index (χ3n) is 4.59. The Morgan fingerprint density at radius 2 is 1.67 bits per heavy atom. The van der Waals surface area contributed by atoms with Gasteiger partial charge in [0.25, 0.3) is 5.56 Å². The van der Waals surface area contributed by atoms with Crippen LogP contribution in [0.1, 0.15) is 24.2 Å². The van der Waals surface area contributed by atoms with E-state index in [4.69, 9.17) is 14.2 Å². The Bertz CT molecular complexity index is 1200. The molecule has 0 aliphatic carbocycles. The zero-order valence-electron chi connectivity index (χ0n) is 18.8. The summed E-state index contributed by atoms with van der Waals surface area (Å²) in [6, 6.07) is 14.5. The number of nitrogens with zero attached hydrogens (tertiary/aromatic N) is 2. The zero-order valence-corrected chi connectivity index (χ0v) is 18.8. The quantitative estimate of drug-likeness (QED) is 0.524. The van der Waals surface area contributed by atoms with Crippen molar-refractivity contribution in [1.82, 2.24) is 9.78 Å². The van der Waals surface area contributed by atoms with Crippen LogP contribution in [0.3, 0.4) is 0 Å². The van der Waals surface area contributed by atoms with E-state index in [1.165, 1.54) is 13.2 Å². The van der Waals surface area contributed by atoms with Gasteiger partial charge in [-0.25, -0.2) is 9.48 Å². The smallest absolute Gasteiger partial charge is 0.338 e. The van der Waals surface area contributed by atoms with E-state index in [0.29, 0.717) is 34.0 Å². The van der Waals surface area contributed by atoms with Gasteiger partial charge in [0.2, 0.25) is 5.91 Å². The zero-order chi connectivity index (χ0) is 24.0. The summed E-state index contributed by atoms with van der Waals surface area (Å²) in [7, 11) is 3.07. The monoisotopic (exact) mass is 451 g/mol. The average molecular weight is 451 g/mol. The van der Waals surface area contributed by atoms with Crippen LogP contribution in [0.4, 0.5) is 5.69 Å². The van der Waals surface area contributed by atoms with Crippen molar-refractivity contribution < 1.29 is 23.8 Å². The Morgan fingerprint density at radius 1 is 0.970 bits per heavy atom. The van der Waals surface area contributed by atoms with Crippen LogP contribution in [0.5, 0.6) is 11.5 Å². The molecule has 3 aromatic rings. The first kappa shape index (κ1) is 23.5. The van der Waals surface area contributed by atoms with Crippen LogP contribution in [-0.2, 0) is 16.1 Å². The molecule has 0 spiro atoms. The number of hydrogen-bond donors (Lipinski definition) is 1. The molecule has 0 aliphatic rings. The lowest BCUT2D eigenvalue weighted by molar-refractivity contribution is -0.117. The fourth-order valence-corrected chi connectivity index (χ4v) is 3.02. The molecule has 0 aliphatic heterocycles. The topological polar surface area (TPSA) is 109 Å². The van der Waals surface area contributed by atoms with E-state index >= 15 is 0 Å². The third-order valence-corrected chi connectivity index (χ3v) is 4.59. The highest BCUT2D eigenvalue weighted by Crippen LogP contribution is 2.31. The second kappa shape index (κ2) is 10.4. The van der Waals surface area contributed by atoms with Crippen LogP contribution in [0.2, 0.25) is 0 Å². The molecule has 0 saturated carbocycles. The number of ether oxygens (including phenoxy) is 3. The maximum atomic E-state index is 12.5. The standard InChI is InChI=1S/C24H25N3O6/c1-15(2)33-24(30)16-5-8-18(9-6-16)25-22(28)14-27-23(29)12-10-19(26-27)17-7-11-20(31-3)21(13-17)32-4/h5-13,15H,14H2,1-4H3,(H,25,28). The maximum Gasteiger partial charge on any atom is 0.338 e. The number of benzene rings is 2. The number of hydrogen-bond acceptors (Lipinski definition) is 7. The van der Waals surface area contributed by atoms with Gasteiger partial charge < -0.3 is 19.5 Å². The fourth-order valence-electron chi connectivity index (χ4n) is 3.02. The van der Waals surface area contributed by atoms with Crippen molar-refractivity contribution in [3.8, 4) is 22.8 Å². The number of anilines is 1. The van der Waals surface area contributed by atoms with Crippen LogP contribution in [0.25, 0.3) is 11.3 Å². The summed E-state index contributed by atoms with van der Waals surface area (Å²) in [5.74, 6) is 0.211. The van der Waals surface area contributed by atoms with Crippen molar-refractivity contribution in [3.63, 3.8) is 0 Å². The van der Waals surface area contributed by atoms with E-state index in [1.54, 1.807) is 69.5 Å². The van der Waals surface area contributed by atoms with Crippen LogP contribution < -0.4 is 20.3 Å². The molecule has 1 amide bonds. The molecule has 1 heterocycles. The highest BCUT2D eigenvalue weighted by molar-refractivity contribution is 5.93. The summed E-state index contributed by atoms with van der Waals surface area (Å²) >= 11 is 0. The normalized spacial score (nSPS) is 10.6. The highest BCUT2D eigenvalue weighted by atomic mass is 16.5. The first-order valence-electron chi connectivity index (χ1n) is 10.2. The third kappa shape index (κ3) is 5.97. The number of carbonyl (C=O) groups is 2. The van der Waals surface area contributed by atoms with E-state index in [9.17, 15) is 14.4 Å². The lowest BCUT2D eigenvalue weighted by Gasteiger charge is -2.11. The Labute approximate surface area is 190 Å². The molecule has 2 aromatic carbocycles. The van der Waals surface area contributed by atoms with E-state index in [0.717, 1.165) is 4.68 Å². The molecule has 3 rings (SSSR count). The van der Waals surface area contributed by atoms with Gasteiger partial charge in [0, 0.05) is 17.3 Å². The van der Waals surface area contributed by atoms with Gasteiger partial charge in [-0.1, -0.05) is 0 Å². The van der Waals surface area contributed by atoms with Gasteiger partial charge >= 0.3 is 5.97 Å². The lowest BCUT2D eigenvalue weighted by Crippen LogP contribution is -2.29. The Hall–Kier alpha value is -4.14. The molecular weight excluding hydrogens is 426 g/mol. The minimum absolute atomic E-state index is 0.225. The number of carbonyl (C=O) groups excluding carboxylic acids is 2. The first-order chi connectivity index (χ1) is 15.8. The van der Waals surface area contributed by atoms with Crippen LogP contribution in [0, 0.1) is 0 Å². The number of nitrogens with one attached hydrogen (secondary N) is 1. The molecule has 9 heteroatoms. The number of amides is 1. The summed E-state index contributed by atoms with van der Waals surface area (Å²) in [4.78, 5) is 36.7. The summed E-state index contributed by atoms with van der Waals surface area (Å²) in [5, 5.41) is 7.00. The van der Waals surface area contributed by atoms with Crippen molar-refractivity contribution in [2.24, 2.45) is 0 Å². The number of rotatable bonds is 8. The van der Waals surface area contributed by atoms with Gasteiger partial charge in [0.15, 0.2) is 11.5 Å². The van der Waals surface area contributed by atoms with E-state index in [1.807, 2.05) is 0 Å². The molecule has 0 unspecified atom stereocenters. The second-order valence-electron chi connectivity index (χ2n) is 7.36. The van der Waals surface area contributed by atoms with Gasteiger partial charge in [-0.15, -0.1) is 0 Å². The minimum atomic E-state index is -0.439. The summed E-state index contributed by atoms with van der Waals surface area (Å²) in [6.45, 7) is 3.25.